The van der Waals surface area contributed by atoms with Crippen LogP contribution in [0.5, 0.6) is 0 Å². The van der Waals surface area contributed by atoms with Crippen LogP contribution in [0.1, 0.15) is 20.9 Å². The predicted molar refractivity (Wildman–Crippen MR) is 115 cm³/mol. The first-order chi connectivity index (χ1) is 14.1. The van der Waals surface area contributed by atoms with E-state index >= 15 is 0 Å². The summed E-state index contributed by atoms with van der Waals surface area (Å²) in [5.41, 5.74) is 1.07. The van der Waals surface area contributed by atoms with Crippen molar-refractivity contribution in [2.24, 2.45) is 0 Å². The number of carboxylic acid groups (broad SMARTS) is 1. The SMILES string of the molecule is Cc1sc(-c2ccc(F)c(Cl)c2)nc1CCNS(=O)(=O)c1ccc(Cl)c(C(=O)O)c1. The Morgan fingerprint density at radius 2 is 1.93 bits per heavy atom. The monoisotopic (exact) mass is 488 g/mol. The summed E-state index contributed by atoms with van der Waals surface area (Å²) in [5.74, 6) is -1.83. The second-order valence-electron chi connectivity index (χ2n) is 6.25. The van der Waals surface area contributed by atoms with E-state index in [9.17, 15) is 17.6 Å². The molecule has 0 unspecified atom stereocenters. The number of hydrogen-bond donors (Lipinski definition) is 2. The Hall–Kier alpha value is -2.04. The molecule has 158 valence electrons. The second-order valence-corrected chi connectivity index (χ2v) is 10.0. The predicted octanol–water partition coefficient (Wildman–Crippen LogP) is 4.78. The number of aryl methyl sites for hydroxylation is 1. The van der Waals surface area contributed by atoms with E-state index < -0.39 is 21.8 Å². The minimum Gasteiger partial charge on any atom is -0.478 e. The molecule has 0 spiro atoms. The lowest BCUT2D eigenvalue weighted by molar-refractivity contribution is 0.0697. The molecule has 0 saturated carbocycles. The standard InChI is InChI=1S/C19H15Cl2FN2O4S2/c1-10-17(24-18(29-10)11-2-5-16(22)15(21)8-11)6-7-23-30(27,28)12-3-4-14(20)13(9-12)19(25)26/h2-5,8-9,23H,6-7H2,1H3,(H,25,26). The molecule has 0 atom stereocenters. The van der Waals surface area contributed by atoms with Crippen LogP contribution in [0.2, 0.25) is 10.0 Å². The number of halogens is 3. The van der Waals surface area contributed by atoms with E-state index in [0.29, 0.717) is 22.7 Å². The summed E-state index contributed by atoms with van der Waals surface area (Å²) in [6, 6.07) is 7.80. The van der Waals surface area contributed by atoms with Gasteiger partial charge in [-0.15, -0.1) is 11.3 Å². The van der Waals surface area contributed by atoms with Gasteiger partial charge in [-0.2, -0.15) is 0 Å². The van der Waals surface area contributed by atoms with Gasteiger partial charge in [-0.05, 0) is 43.3 Å². The Balaban J connectivity index is 1.72. The van der Waals surface area contributed by atoms with E-state index in [1.807, 2.05) is 6.92 Å². The number of nitrogens with zero attached hydrogens (tertiary/aromatic N) is 1. The van der Waals surface area contributed by atoms with E-state index in [1.165, 1.54) is 35.6 Å². The van der Waals surface area contributed by atoms with Gasteiger partial charge in [0.25, 0.3) is 0 Å². The Labute approximate surface area is 186 Å². The molecule has 0 amide bonds. The smallest absolute Gasteiger partial charge is 0.337 e. The van der Waals surface area contributed by atoms with E-state index in [2.05, 4.69) is 9.71 Å². The van der Waals surface area contributed by atoms with Crippen LogP contribution < -0.4 is 4.72 Å². The van der Waals surface area contributed by atoms with Gasteiger partial charge in [-0.1, -0.05) is 23.2 Å². The van der Waals surface area contributed by atoms with Crippen LogP contribution in [0, 0.1) is 12.7 Å². The summed E-state index contributed by atoms with van der Waals surface area (Å²) >= 11 is 13.0. The van der Waals surface area contributed by atoms with Gasteiger partial charge in [-0.25, -0.2) is 27.3 Å². The number of thiazole rings is 1. The number of nitrogens with one attached hydrogen (secondary N) is 1. The van der Waals surface area contributed by atoms with Gasteiger partial charge in [0.05, 0.1) is 26.2 Å². The number of rotatable bonds is 7. The van der Waals surface area contributed by atoms with Crippen molar-refractivity contribution in [1.82, 2.24) is 9.71 Å². The topological polar surface area (TPSA) is 96.4 Å². The fourth-order valence-corrected chi connectivity index (χ4v) is 5.03. The lowest BCUT2D eigenvalue weighted by atomic mass is 10.2. The summed E-state index contributed by atoms with van der Waals surface area (Å²) in [4.78, 5) is 16.4. The van der Waals surface area contributed by atoms with Crippen molar-refractivity contribution in [2.45, 2.75) is 18.2 Å². The maximum atomic E-state index is 13.4. The van der Waals surface area contributed by atoms with E-state index in [1.54, 1.807) is 6.07 Å². The molecular weight excluding hydrogens is 474 g/mol. The highest BCUT2D eigenvalue weighted by Gasteiger charge is 2.19. The fourth-order valence-electron chi connectivity index (χ4n) is 2.64. The summed E-state index contributed by atoms with van der Waals surface area (Å²) in [7, 11) is -3.93. The van der Waals surface area contributed by atoms with Gasteiger partial charge in [0, 0.05) is 23.4 Å². The molecule has 0 saturated heterocycles. The molecule has 0 aliphatic heterocycles. The van der Waals surface area contributed by atoms with E-state index in [-0.39, 0.29) is 27.0 Å². The highest BCUT2D eigenvalue weighted by atomic mass is 35.5. The van der Waals surface area contributed by atoms with Gasteiger partial charge >= 0.3 is 5.97 Å². The van der Waals surface area contributed by atoms with Crippen LogP contribution in [0.15, 0.2) is 41.3 Å². The zero-order valence-corrected chi connectivity index (χ0v) is 18.6. The zero-order valence-electron chi connectivity index (χ0n) is 15.4. The number of carbonyl (C=O) groups is 1. The van der Waals surface area contributed by atoms with Gasteiger partial charge in [0.1, 0.15) is 10.8 Å². The minimum absolute atomic E-state index is 0.00152. The summed E-state index contributed by atoms with van der Waals surface area (Å²) in [6.45, 7) is 1.91. The second kappa shape index (κ2) is 8.99. The molecule has 0 radical (unpaired) electrons. The molecule has 11 heteroatoms. The Kier molecular flexibility index (Phi) is 6.78. The first-order valence-corrected chi connectivity index (χ1v) is 11.6. The lowest BCUT2D eigenvalue weighted by Gasteiger charge is -2.08. The summed E-state index contributed by atoms with van der Waals surface area (Å²) < 4.78 is 40.7. The van der Waals surface area contributed by atoms with Crippen LogP contribution in [0.25, 0.3) is 10.6 Å². The van der Waals surface area contributed by atoms with Gasteiger partial charge < -0.3 is 5.11 Å². The summed E-state index contributed by atoms with van der Waals surface area (Å²) in [6.07, 6.45) is 0.315. The third-order valence-corrected chi connectivity index (χ3v) is 7.33. The largest absolute Gasteiger partial charge is 0.478 e. The van der Waals surface area contributed by atoms with Crippen LogP contribution in [-0.2, 0) is 16.4 Å². The fraction of sp³-hybridized carbons (Fsp3) is 0.158. The normalized spacial score (nSPS) is 11.6. The molecular formula is C19H15Cl2FN2O4S2. The summed E-state index contributed by atoms with van der Waals surface area (Å²) in [5, 5.41) is 9.70. The van der Waals surface area contributed by atoms with Crippen molar-refractivity contribution >= 4 is 50.5 Å². The highest BCUT2D eigenvalue weighted by molar-refractivity contribution is 7.89. The Morgan fingerprint density at radius 1 is 1.20 bits per heavy atom. The van der Waals surface area contributed by atoms with Crippen molar-refractivity contribution in [1.29, 1.82) is 0 Å². The molecule has 3 rings (SSSR count). The van der Waals surface area contributed by atoms with Crippen molar-refractivity contribution in [3.05, 3.63) is 68.4 Å². The van der Waals surface area contributed by atoms with Crippen molar-refractivity contribution in [3.63, 3.8) is 0 Å². The van der Waals surface area contributed by atoms with Gasteiger partial charge in [0.15, 0.2) is 0 Å². The third kappa shape index (κ3) is 4.98. The van der Waals surface area contributed by atoms with Gasteiger partial charge in [0.2, 0.25) is 10.0 Å². The zero-order chi connectivity index (χ0) is 22.1. The van der Waals surface area contributed by atoms with Crippen molar-refractivity contribution in [2.75, 3.05) is 6.54 Å². The number of carboxylic acids is 1. The average Bonchev–Trinajstić information content (AvgIpc) is 3.04. The molecule has 1 heterocycles. The van der Waals surface area contributed by atoms with Crippen LogP contribution in [-0.4, -0.2) is 31.0 Å². The first kappa shape index (κ1) is 22.6. The molecule has 1 aromatic heterocycles. The molecule has 0 fully saturated rings. The Bertz CT molecular complexity index is 1230. The molecule has 6 nitrogen and oxygen atoms in total. The minimum atomic E-state index is -3.93. The molecule has 3 aromatic rings. The Morgan fingerprint density at radius 3 is 2.60 bits per heavy atom. The van der Waals surface area contributed by atoms with E-state index in [4.69, 9.17) is 28.3 Å². The van der Waals surface area contributed by atoms with Crippen molar-refractivity contribution < 1.29 is 22.7 Å². The number of hydrogen-bond acceptors (Lipinski definition) is 5. The molecule has 2 N–H and O–H groups in total. The molecule has 2 aromatic carbocycles. The van der Waals surface area contributed by atoms with E-state index in [0.717, 1.165) is 10.9 Å². The number of aromatic nitrogens is 1. The lowest BCUT2D eigenvalue weighted by Crippen LogP contribution is -2.26. The molecule has 0 bridgehead atoms. The highest BCUT2D eigenvalue weighted by Crippen LogP contribution is 2.30. The maximum Gasteiger partial charge on any atom is 0.337 e. The molecule has 30 heavy (non-hydrogen) atoms. The van der Waals surface area contributed by atoms with Gasteiger partial charge in [-0.3, -0.25) is 0 Å². The first-order valence-electron chi connectivity index (χ1n) is 8.52. The number of aromatic carboxylic acids is 1. The van der Waals surface area contributed by atoms with Crippen LogP contribution >= 0.6 is 34.5 Å². The maximum absolute atomic E-state index is 13.4. The molecule has 0 aliphatic rings. The molecule has 0 aliphatic carbocycles. The number of sulfonamides is 1. The van der Waals surface area contributed by atoms with Crippen molar-refractivity contribution in [3.8, 4) is 10.6 Å². The van der Waals surface area contributed by atoms with Crippen LogP contribution in [0.4, 0.5) is 4.39 Å². The number of benzene rings is 2. The average molecular weight is 489 g/mol. The quantitative estimate of drug-likeness (QED) is 0.498. The third-order valence-electron chi connectivity index (χ3n) is 4.19. The van der Waals surface area contributed by atoms with Crippen LogP contribution in [0.3, 0.4) is 0 Å².